The van der Waals surface area contributed by atoms with Crippen molar-refractivity contribution < 1.29 is 9.90 Å². The third-order valence-corrected chi connectivity index (χ3v) is 4.00. The molecule has 0 saturated carbocycles. The molecule has 3 heteroatoms. The normalized spacial score (nSPS) is 26.0. The second-order valence-electron chi connectivity index (χ2n) is 5.36. The third-order valence-electron chi connectivity index (χ3n) is 4.00. The van der Waals surface area contributed by atoms with Gasteiger partial charge in [-0.1, -0.05) is 13.8 Å². The molecule has 1 aliphatic rings. The molecule has 3 nitrogen and oxygen atoms in total. The summed E-state index contributed by atoms with van der Waals surface area (Å²) in [5.74, 6) is -0.726. The Morgan fingerprint density at radius 1 is 1.36 bits per heavy atom. The van der Waals surface area contributed by atoms with E-state index in [9.17, 15) is 4.79 Å². The zero-order valence-corrected chi connectivity index (χ0v) is 9.63. The first-order valence-corrected chi connectivity index (χ1v) is 5.24. The molecule has 1 rings (SSSR count). The number of hydrogen-bond donors (Lipinski definition) is 1. The van der Waals surface area contributed by atoms with E-state index in [1.54, 1.807) is 0 Å². The molecule has 0 aliphatic carbocycles. The van der Waals surface area contributed by atoms with Gasteiger partial charge in [0.05, 0.1) is 6.54 Å². The van der Waals surface area contributed by atoms with Crippen LogP contribution in [0.25, 0.3) is 0 Å². The van der Waals surface area contributed by atoms with Crippen molar-refractivity contribution in [3.05, 3.63) is 0 Å². The summed E-state index contributed by atoms with van der Waals surface area (Å²) in [6.45, 7) is 9.81. The van der Waals surface area contributed by atoms with Gasteiger partial charge in [-0.3, -0.25) is 9.69 Å². The molecule has 0 aromatic rings. The fourth-order valence-corrected chi connectivity index (χ4v) is 2.17. The van der Waals surface area contributed by atoms with Crippen molar-refractivity contribution in [2.45, 2.75) is 46.1 Å². The van der Waals surface area contributed by atoms with E-state index in [0.29, 0.717) is 0 Å². The van der Waals surface area contributed by atoms with Crippen LogP contribution in [0.15, 0.2) is 0 Å². The van der Waals surface area contributed by atoms with Crippen molar-refractivity contribution in [3.63, 3.8) is 0 Å². The minimum Gasteiger partial charge on any atom is -0.480 e. The topological polar surface area (TPSA) is 40.5 Å². The molecule has 1 aliphatic heterocycles. The van der Waals surface area contributed by atoms with Gasteiger partial charge >= 0.3 is 5.97 Å². The van der Waals surface area contributed by atoms with Gasteiger partial charge < -0.3 is 5.11 Å². The van der Waals surface area contributed by atoms with Crippen LogP contribution in [0.4, 0.5) is 0 Å². The van der Waals surface area contributed by atoms with E-state index in [0.717, 1.165) is 13.0 Å². The monoisotopic (exact) mass is 199 g/mol. The number of rotatable bonds is 2. The highest BCUT2D eigenvalue weighted by Gasteiger charge is 2.44. The molecule has 0 radical (unpaired) electrons. The van der Waals surface area contributed by atoms with Crippen molar-refractivity contribution in [1.29, 1.82) is 0 Å². The van der Waals surface area contributed by atoms with Gasteiger partial charge in [0, 0.05) is 5.54 Å². The van der Waals surface area contributed by atoms with Crippen molar-refractivity contribution in [3.8, 4) is 0 Å². The molecule has 0 bridgehead atoms. The molecule has 82 valence electrons. The third kappa shape index (κ3) is 1.92. The molecular weight excluding hydrogens is 178 g/mol. The number of hydrogen-bond acceptors (Lipinski definition) is 2. The van der Waals surface area contributed by atoms with E-state index in [1.165, 1.54) is 6.42 Å². The number of nitrogens with zero attached hydrogens (tertiary/aromatic N) is 1. The Bertz CT molecular complexity index is 233. The Morgan fingerprint density at radius 2 is 1.93 bits per heavy atom. The molecular formula is C11H21NO2. The van der Waals surface area contributed by atoms with Gasteiger partial charge in [-0.25, -0.2) is 0 Å². The average molecular weight is 199 g/mol. The lowest BCUT2D eigenvalue weighted by atomic mass is 9.68. The van der Waals surface area contributed by atoms with Gasteiger partial charge in [0.15, 0.2) is 0 Å². The lowest BCUT2D eigenvalue weighted by Crippen LogP contribution is -2.58. The summed E-state index contributed by atoms with van der Waals surface area (Å²) in [7, 11) is 0. The van der Waals surface area contributed by atoms with Crippen LogP contribution in [0.5, 0.6) is 0 Å². The number of aliphatic carboxylic acids is 1. The standard InChI is InChI=1S/C11H21NO2/c1-10(2)6-5-7-12(8-9(13)14)11(10,3)4/h5-8H2,1-4H3,(H,13,14). The molecule has 1 saturated heterocycles. The molecule has 0 amide bonds. The Balaban J connectivity index is 2.81. The van der Waals surface area contributed by atoms with E-state index >= 15 is 0 Å². The highest BCUT2D eigenvalue weighted by Crippen LogP contribution is 2.42. The molecule has 0 atom stereocenters. The number of carbonyl (C=O) groups is 1. The van der Waals surface area contributed by atoms with Crippen LogP contribution >= 0.6 is 0 Å². The Morgan fingerprint density at radius 3 is 2.43 bits per heavy atom. The van der Waals surface area contributed by atoms with Crippen LogP contribution in [0.1, 0.15) is 40.5 Å². The highest BCUT2D eigenvalue weighted by atomic mass is 16.4. The maximum Gasteiger partial charge on any atom is 0.317 e. The molecule has 1 heterocycles. The fourth-order valence-electron chi connectivity index (χ4n) is 2.17. The number of likely N-dealkylation sites (tertiary alicyclic amines) is 1. The van der Waals surface area contributed by atoms with Crippen LogP contribution in [0, 0.1) is 5.41 Å². The summed E-state index contributed by atoms with van der Waals surface area (Å²) >= 11 is 0. The van der Waals surface area contributed by atoms with Crippen LogP contribution in [-0.2, 0) is 4.79 Å². The lowest BCUT2D eigenvalue weighted by molar-refractivity contribution is -0.143. The van der Waals surface area contributed by atoms with Crippen molar-refractivity contribution in [1.82, 2.24) is 4.90 Å². The van der Waals surface area contributed by atoms with E-state index in [4.69, 9.17) is 5.11 Å². The van der Waals surface area contributed by atoms with Crippen molar-refractivity contribution in [2.24, 2.45) is 5.41 Å². The minimum absolute atomic E-state index is 0.0242. The highest BCUT2D eigenvalue weighted by molar-refractivity contribution is 5.69. The summed E-state index contributed by atoms with van der Waals surface area (Å²) in [6.07, 6.45) is 2.28. The number of piperidine rings is 1. The maximum absolute atomic E-state index is 10.7. The molecule has 0 spiro atoms. The summed E-state index contributed by atoms with van der Waals surface area (Å²) in [4.78, 5) is 12.8. The van der Waals surface area contributed by atoms with Gasteiger partial charge in [0.25, 0.3) is 0 Å². The van der Waals surface area contributed by atoms with Gasteiger partial charge in [-0.2, -0.15) is 0 Å². The Kier molecular flexibility index (Phi) is 2.91. The maximum atomic E-state index is 10.7. The first-order valence-electron chi connectivity index (χ1n) is 5.24. The smallest absolute Gasteiger partial charge is 0.317 e. The van der Waals surface area contributed by atoms with Crippen molar-refractivity contribution in [2.75, 3.05) is 13.1 Å². The molecule has 0 aromatic carbocycles. The largest absolute Gasteiger partial charge is 0.480 e. The molecule has 0 aromatic heterocycles. The van der Waals surface area contributed by atoms with Crippen molar-refractivity contribution >= 4 is 5.97 Å². The van der Waals surface area contributed by atoms with Crippen LogP contribution in [0.2, 0.25) is 0 Å². The predicted octanol–water partition coefficient (Wildman–Crippen LogP) is 1.97. The lowest BCUT2D eigenvalue weighted by Gasteiger charge is -2.53. The summed E-state index contributed by atoms with van der Waals surface area (Å²) in [6, 6.07) is 0. The van der Waals surface area contributed by atoms with Gasteiger partial charge in [0.2, 0.25) is 0 Å². The number of carboxylic acid groups (broad SMARTS) is 1. The van der Waals surface area contributed by atoms with E-state index < -0.39 is 5.97 Å². The fraction of sp³-hybridized carbons (Fsp3) is 0.909. The Hall–Kier alpha value is -0.570. The Labute approximate surface area is 86.1 Å². The van der Waals surface area contributed by atoms with Crippen LogP contribution < -0.4 is 0 Å². The predicted molar refractivity (Wildman–Crippen MR) is 56.3 cm³/mol. The van der Waals surface area contributed by atoms with E-state index in [2.05, 4.69) is 32.6 Å². The average Bonchev–Trinajstić information content (AvgIpc) is 1.98. The SMILES string of the molecule is CC1(C)CCCN(CC(=O)O)C1(C)C. The summed E-state index contributed by atoms with van der Waals surface area (Å²) in [5, 5.41) is 8.83. The molecule has 1 fully saturated rings. The quantitative estimate of drug-likeness (QED) is 0.739. The molecule has 0 unspecified atom stereocenters. The summed E-state index contributed by atoms with van der Waals surface area (Å²) in [5.41, 5.74) is 0.171. The zero-order chi connectivity index (χ0) is 11.0. The van der Waals surface area contributed by atoms with Crippen LogP contribution in [0.3, 0.4) is 0 Å². The minimum atomic E-state index is -0.726. The van der Waals surface area contributed by atoms with Gasteiger partial charge in [-0.15, -0.1) is 0 Å². The van der Waals surface area contributed by atoms with E-state index in [1.807, 2.05) is 0 Å². The number of carboxylic acids is 1. The van der Waals surface area contributed by atoms with Gasteiger partial charge in [-0.05, 0) is 38.6 Å². The molecule has 14 heavy (non-hydrogen) atoms. The van der Waals surface area contributed by atoms with Crippen LogP contribution in [-0.4, -0.2) is 34.6 Å². The second-order valence-corrected chi connectivity index (χ2v) is 5.36. The second kappa shape index (κ2) is 3.54. The summed E-state index contributed by atoms with van der Waals surface area (Å²) < 4.78 is 0. The first kappa shape index (κ1) is 11.5. The zero-order valence-electron chi connectivity index (χ0n) is 9.63. The van der Waals surface area contributed by atoms with Gasteiger partial charge in [0.1, 0.15) is 0 Å². The molecule has 1 N–H and O–H groups in total. The first-order chi connectivity index (χ1) is 6.27. The van der Waals surface area contributed by atoms with E-state index in [-0.39, 0.29) is 17.5 Å².